The van der Waals surface area contributed by atoms with Crippen molar-refractivity contribution in [2.75, 3.05) is 13.2 Å². The maximum Gasteiger partial charge on any atom is 0.417 e. The van der Waals surface area contributed by atoms with Crippen LogP contribution in [0, 0.1) is 6.92 Å². The fraction of sp³-hybridized carbons (Fsp3) is 0.538. The molecule has 1 N–H and O–H groups in total. The molecular formula is C13H13ClF3NO. The van der Waals surface area contributed by atoms with Crippen LogP contribution >= 0.6 is 11.6 Å². The maximum absolute atomic E-state index is 13.3. The maximum atomic E-state index is 13.3. The third-order valence-corrected chi connectivity index (χ3v) is 4.40. The SMILES string of the molecule is Cc1c(Cl)ccc(C23CNC(CO2)C3)c1C(F)(F)F. The van der Waals surface area contributed by atoms with Crippen molar-refractivity contribution in [2.24, 2.45) is 0 Å². The van der Waals surface area contributed by atoms with E-state index in [2.05, 4.69) is 5.32 Å². The summed E-state index contributed by atoms with van der Waals surface area (Å²) in [5, 5.41) is 3.32. The molecule has 2 atom stereocenters. The van der Waals surface area contributed by atoms with Gasteiger partial charge < -0.3 is 10.1 Å². The number of alkyl halides is 3. The van der Waals surface area contributed by atoms with Gasteiger partial charge in [0.25, 0.3) is 0 Å². The van der Waals surface area contributed by atoms with E-state index in [0.717, 1.165) is 0 Å². The first-order valence-corrected chi connectivity index (χ1v) is 6.45. The molecule has 0 radical (unpaired) electrons. The minimum absolute atomic E-state index is 0.0694. The molecule has 2 bridgehead atoms. The van der Waals surface area contributed by atoms with Gasteiger partial charge in [-0.1, -0.05) is 17.7 Å². The third-order valence-electron chi connectivity index (χ3n) is 3.99. The summed E-state index contributed by atoms with van der Waals surface area (Å²) in [5.74, 6) is 0. The lowest BCUT2D eigenvalue weighted by Gasteiger charge is -2.31. The zero-order chi connectivity index (χ0) is 13.8. The van der Waals surface area contributed by atoms with Crippen LogP contribution in [0.5, 0.6) is 0 Å². The second-order valence-electron chi connectivity index (χ2n) is 5.18. The van der Waals surface area contributed by atoms with E-state index < -0.39 is 17.3 Å². The molecule has 6 heteroatoms. The van der Waals surface area contributed by atoms with Gasteiger partial charge in [-0.15, -0.1) is 0 Å². The molecule has 1 aromatic rings. The van der Waals surface area contributed by atoms with Crippen LogP contribution in [-0.2, 0) is 16.5 Å². The van der Waals surface area contributed by atoms with Crippen molar-refractivity contribution in [3.05, 3.63) is 33.8 Å². The highest BCUT2D eigenvalue weighted by Gasteiger charge is 2.51. The van der Waals surface area contributed by atoms with Gasteiger partial charge in [0.2, 0.25) is 0 Å². The zero-order valence-corrected chi connectivity index (χ0v) is 11.0. The highest BCUT2D eigenvalue weighted by molar-refractivity contribution is 6.31. The molecule has 0 saturated carbocycles. The average Bonchev–Trinajstić information content (AvgIpc) is 2.92. The molecule has 2 aliphatic heterocycles. The highest BCUT2D eigenvalue weighted by Crippen LogP contribution is 2.47. The van der Waals surface area contributed by atoms with Gasteiger partial charge in [-0.3, -0.25) is 0 Å². The van der Waals surface area contributed by atoms with Gasteiger partial charge in [0, 0.05) is 17.6 Å². The summed E-state index contributed by atoms with van der Waals surface area (Å²) in [4.78, 5) is 0. The van der Waals surface area contributed by atoms with Crippen LogP contribution in [0.1, 0.15) is 23.1 Å². The van der Waals surface area contributed by atoms with Crippen molar-refractivity contribution < 1.29 is 17.9 Å². The van der Waals surface area contributed by atoms with Crippen molar-refractivity contribution in [3.63, 3.8) is 0 Å². The van der Waals surface area contributed by atoms with Gasteiger partial charge in [-0.05, 0) is 30.5 Å². The molecule has 0 spiro atoms. The first-order valence-electron chi connectivity index (χ1n) is 6.08. The summed E-state index contributed by atoms with van der Waals surface area (Å²) in [6, 6.07) is 3.12. The summed E-state index contributed by atoms with van der Waals surface area (Å²) in [5.41, 5.74) is -1.23. The van der Waals surface area contributed by atoms with E-state index in [9.17, 15) is 13.2 Å². The highest BCUT2D eigenvalue weighted by atomic mass is 35.5. The van der Waals surface area contributed by atoms with Gasteiger partial charge in [-0.2, -0.15) is 13.2 Å². The molecule has 2 fully saturated rings. The number of ether oxygens (including phenoxy) is 1. The molecule has 2 nitrogen and oxygen atoms in total. The molecular weight excluding hydrogens is 279 g/mol. The van der Waals surface area contributed by atoms with Crippen molar-refractivity contribution in [3.8, 4) is 0 Å². The summed E-state index contributed by atoms with van der Waals surface area (Å²) in [6.07, 6.45) is -3.85. The Labute approximate surface area is 113 Å². The summed E-state index contributed by atoms with van der Waals surface area (Å²) < 4.78 is 45.6. The molecule has 2 saturated heterocycles. The molecule has 2 aliphatic rings. The predicted octanol–water partition coefficient (Wildman–Crippen LogP) is 3.25. The number of hydrogen-bond donors (Lipinski definition) is 1. The molecule has 0 aliphatic carbocycles. The summed E-state index contributed by atoms with van der Waals surface area (Å²) >= 11 is 5.84. The standard InChI is InChI=1S/C13H13ClF3NO/c1-7-10(14)3-2-9(11(7)13(15,16)17)12-4-8(5-19-12)18-6-12/h2-3,8,18H,4-6H2,1H3. The topological polar surface area (TPSA) is 21.3 Å². The molecule has 2 heterocycles. The number of nitrogens with one attached hydrogen (secondary N) is 1. The van der Waals surface area contributed by atoms with Crippen molar-refractivity contribution in [1.82, 2.24) is 5.32 Å². The lowest BCUT2D eigenvalue weighted by molar-refractivity contribution is -0.141. The van der Waals surface area contributed by atoms with Crippen LogP contribution in [0.4, 0.5) is 13.2 Å². The van der Waals surface area contributed by atoms with Gasteiger partial charge in [0.15, 0.2) is 0 Å². The minimum Gasteiger partial charge on any atom is -0.367 e. The third kappa shape index (κ3) is 1.95. The van der Waals surface area contributed by atoms with Gasteiger partial charge >= 0.3 is 6.18 Å². The average molecular weight is 292 g/mol. The van der Waals surface area contributed by atoms with E-state index >= 15 is 0 Å². The Bertz CT molecular complexity index is 521. The predicted molar refractivity (Wildman–Crippen MR) is 65.2 cm³/mol. The Morgan fingerprint density at radius 3 is 2.63 bits per heavy atom. The molecule has 1 aromatic carbocycles. The molecule has 19 heavy (non-hydrogen) atoms. The van der Waals surface area contributed by atoms with E-state index in [1.165, 1.54) is 19.1 Å². The number of hydrogen-bond acceptors (Lipinski definition) is 2. The lowest BCUT2D eigenvalue weighted by atomic mass is 9.86. The number of fused-ring (bicyclic) bond motifs is 2. The molecule has 104 valence electrons. The normalized spacial score (nSPS) is 30.1. The van der Waals surface area contributed by atoms with Gasteiger partial charge in [0.1, 0.15) is 5.60 Å². The minimum atomic E-state index is -4.43. The number of halogens is 4. The Morgan fingerprint density at radius 2 is 2.16 bits per heavy atom. The Hall–Kier alpha value is -0.780. The van der Waals surface area contributed by atoms with E-state index in [1.54, 1.807) is 0 Å². The van der Waals surface area contributed by atoms with E-state index in [0.29, 0.717) is 19.6 Å². The molecule has 0 amide bonds. The quantitative estimate of drug-likeness (QED) is 0.857. The Morgan fingerprint density at radius 1 is 1.42 bits per heavy atom. The van der Waals surface area contributed by atoms with Gasteiger partial charge in [0.05, 0.1) is 12.2 Å². The van der Waals surface area contributed by atoms with Crippen LogP contribution in [-0.4, -0.2) is 19.2 Å². The van der Waals surface area contributed by atoms with Crippen molar-refractivity contribution in [1.29, 1.82) is 0 Å². The van der Waals surface area contributed by atoms with Gasteiger partial charge in [-0.25, -0.2) is 0 Å². The van der Waals surface area contributed by atoms with E-state index in [-0.39, 0.29) is 22.2 Å². The molecule has 2 unspecified atom stereocenters. The van der Waals surface area contributed by atoms with Crippen LogP contribution in [0.25, 0.3) is 0 Å². The smallest absolute Gasteiger partial charge is 0.367 e. The number of morpholine rings is 1. The molecule has 0 aromatic heterocycles. The lowest BCUT2D eigenvalue weighted by Crippen LogP contribution is -2.38. The first-order chi connectivity index (χ1) is 8.83. The van der Waals surface area contributed by atoms with Crippen LogP contribution < -0.4 is 5.32 Å². The fourth-order valence-corrected chi connectivity index (χ4v) is 3.21. The monoisotopic (exact) mass is 291 g/mol. The number of rotatable bonds is 1. The molecule has 3 rings (SSSR count). The second kappa shape index (κ2) is 4.11. The van der Waals surface area contributed by atoms with Crippen molar-refractivity contribution in [2.45, 2.75) is 31.2 Å². The first kappa shape index (κ1) is 13.2. The number of benzene rings is 1. The van der Waals surface area contributed by atoms with E-state index in [4.69, 9.17) is 16.3 Å². The Kier molecular flexibility index (Phi) is 2.86. The zero-order valence-electron chi connectivity index (χ0n) is 10.3. The second-order valence-corrected chi connectivity index (χ2v) is 5.59. The van der Waals surface area contributed by atoms with Crippen molar-refractivity contribution >= 4 is 11.6 Å². The largest absolute Gasteiger partial charge is 0.417 e. The van der Waals surface area contributed by atoms with E-state index in [1.807, 2.05) is 0 Å². The van der Waals surface area contributed by atoms with Crippen LogP contribution in [0.2, 0.25) is 5.02 Å². The Balaban J connectivity index is 2.19. The summed E-state index contributed by atoms with van der Waals surface area (Å²) in [7, 11) is 0. The van der Waals surface area contributed by atoms with Crippen LogP contribution in [0.15, 0.2) is 12.1 Å². The van der Waals surface area contributed by atoms with Crippen LogP contribution in [0.3, 0.4) is 0 Å². The summed E-state index contributed by atoms with van der Waals surface area (Å²) in [6.45, 7) is 2.28. The fourth-order valence-electron chi connectivity index (χ4n) is 3.05.